The van der Waals surface area contributed by atoms with E-state index in [0.717, 1.165) is 12.1 Å². The highest BCUT2D eigenvalue weighted by atomic mass is 32.2. The van der Waals surface area contributed by atoms with Crippen LogP contribution >= 0.6 is 0 Å². The van der Waals surface area contributed by atoms with Gasteiger partial charge in [-0.05, 0) is 29.1 Å². The average molecular weight is 375 g/mol. The molecule has 0 bridgehead atoms. The van der Waals surface area contributed by atoms with Crippen molar-refractivity contribution < 1.29 is 27.7 Å². The molecule has 0 aliphatic carbocycles. The molecule has 1 heterocycles. The first-order chi connectivity index (χ1) is 12.3. The van der Waals surface area contributed by atoms with Crippen LogP contribution in [0.4, 0.5) is 0 Å². The number of aromatic carboxylic acids is 1. The average Bonchev–Trinajstić information content (AvgIpc) is 2.60. The molecule has 0 saturated carbocycles. The maximum atomic E-state index is 12.7. The van der Waals surface area contributed by atoms with Crippen molar-refractivity contribution >= 4 is 26.9 Å². The highest BCUT2D eigenvalue weighted by Crippen LogP contribution is 2.18. The Kier molecular flexibility index (Phi) is 4.49. The molecule has 2 N–H and O–H groups in total. The highest BCUT2D eigenvalue weighted by Gasteiger charge is 2.18. The van der Waals surface area contributed by atoms with E-state index in [-0.39, 0.29) is 17.4 Å². The van der Waals surface area contributed by atoms with Crippen molar-refractivity contribution in [3.63, 3.8) is 0 Å². The van der Waals surface area contributed by atoms with E-state index in [1.54, 1.807) is 30.3 Å². The van der Waals surface area contributed by atoms with E-state index in [2.05, 4.69) is 0 Å². The van der Waals surface area contributed by atoms with Crippen molar-refractivity contribution in [2.24, 2.45) is 0 Å². The number of rotatable bonds is 5. The van der Waals surface area contributed by atoms with Gasteiger partial charge in [0.15, 0.2) is 5.69 Å². The van der Waals surface area contributed by atoms with Gasteiger partial charge in [0.2, 0.25) is 0 Å². The molecule has 0 radical (unpaired) electrons. The Balaban J connectivity index is 2.15. The lowest BCUT2D eigenvalue weighted by Crippen LogP contribution is -2.31. The van der Waals surface area contributed by atoms with Gasteiger partial charge < -0.3 is 9.94 Å². The van der Waals surface area contributed by atoms with Crippen LogP contribution in [0, 0.1) is 0 Å². The van der Waals surface area contributed by atoms with Crippen molar-refractivity contribution in [3.05, 3.63) is 76.2 Å². The summed E-state index contributed by atoms with van der Waals surface area (Å²) in [4.78, 5) is 29.0. The lowest BCUT2D eigenvalue weighted by molar-refractivity contribution is 0.0540. The molecule has 0 spiro atoms. The first-order valence-electron chi connectivity index (χ1n) is 7.35. The lowest BCUT2D eigenvalue weighted by atomic mass is 10.1. The lowest BCUT2D eigenvalue weighted by Gasteiger charge is -2.13. The van der Waals surface area contributed by atoms with Crippen LogP contribution in [0.3, 0.4) is 0 Å². The fourth-order valence-electron chi connectivity index (χ4n) is 2.42. The van der Waals surface area contributed by atoms with Gasteiger partial charge in [0, 0.05) is 0 Å². The third-order valence-electron chi connectivity index (χ3n) is 3.67. The number of carbonyl (C=O) groups is 1. The minimum atomic E-state index is -4.51. The third kappa shape index (κ3) is 3.44. The number of hydrogen-bond donors (Lipinski definition) is 2. The van der Waals surface area contributed by atoms with Crippen LogP contribution in [0.1, 0.15) is 16.1 Å². The molecule has 1 aromatic heterocycles. The minimum absolute atomic E-state index is 0.0650. The molecular formula is C17H13NO7S. The molecule has 0 saturated heterocycles. The number of hydrogen-bond acceptors (Lipinski definition) is 5. The Hall–Kier alpha value is -3.17. The van der Waals surface area contributed by atoms with Crippen molar-refractivity contribution in [1.82, 2.24) is 4.73 Å². The largest absolute Gasteiger partial charge is 0.476 e. The molecule has 0 aliphatic heterocycles. The van der Waals surface area contributed by atoms with Crippen LogP contribution in [0.2, 0.25) is 0 Å². The van der Waals surface area contributed by atoms with E-state index in [4.69, 9.17) is 9.39 Å². The van der Waals surface area contributed by atoms with E-state index in [1.165, 1.54) is 12.1 Å². The fourth-order valence-corrected chi connectivity index (χ4v) is 2.93. The van der Waals surface area contributed by atoms with Crippen LogP contribution < -0.4 is 10.4 Å². The van der Waals surface area contributed by atoms with E-state index in [9.17, 15) is 23.1 Å². The zero-order chi connectivity index (χ0) is 18.9. The number of benzene rings is 2. The van der Waals surface area contributed by atoms with Gasteiger partial charge in [-0.25, -0.2) is 4.79 Å². The number of fused-ring (bicyclic) bond motifs is 1. The van der Waals surface area contributed by atoms with Gasteiger partial charge in [-0.3, -0.25) is 9.35 Å². The number of aromatic nitrogens is 1. The second-order valence-electron chi connectivity index (χ2n) is 5.42. The maximum Gasteiger partial charge on any atom is 0.356 e. The molecule has 2 aromatic carbocycles. The second-order valence-corrected chi connectivity index (χ2v) is 6.84. The monoisotopic (exact) mass is 375 g/mol. The molecule has 8 nitrogen and oxygen atoms in total. The highest BCUT2D eigenvalue weighted by molar-refractivity contribution is 7.85. The quantitative estimate of drug-likeness (QED) is 0.649. The second kappa shape index (κ2) is 6.62. The normalized spacial score (nSPS) is 11.4. The van der Waals surface area contributed by atoms with Gasteiger partial charge in [0.05, 0.1) is 10.3 Å². The Morgan fingerprint density at radius 2 is 1.77 bits per heavy atom. The number of carboxylic acids is 1. The third-order valence-corrected chi connectivity index (χ3v) is 4.52. The van der Waals surface area contributed by atoms with E-state index in [1.807, 2.05) is 0 Å². The van der Waals surface area contributed by atoms with Gasteiger partial charge in [-0.15, -0.1) is 4.73 Å². The first-order valence-corrected chi connectivity index (χ1v) is 8.79. The molecule has 0 atom stereocenters. The van der Waals surface area contributed by atoms with E-state index >= 15 is 0 Å². The summed E-state index contributed by atoms with van der Waals surface area (Å²) in [5.41, 5.74) is -0.540. The van der Waals surface area contributed by atoms with Crippen molar-refractivity contribution in [1.29, 1.82) is 0 Å². The maximum absolute atomic E-state index is 12.7. The van der Waals surface area contributed by atoms with Gasteiger partial charge in [0.25, 0.3) is 15.7 Å². The Morgan fingerprint density at radius 3 is 2.38 bits per heavy atom. The summed E-state index contributed by atoms with van der Waals surface area (Å²) in [7, 11) is -4.51. The van der Waals surface area contributed by atoms with Crippen molar-refractivity contribution in [2.75, 3.05) is 0 Å². The van der Waals surface area contributed by atoms with Gasteiger partial charge in [-0.2, -0.15) is 8.42 Å². The molecule has 9 heteroatoms. The molecule has 134 valence electrons. The predicted molar refractivity (Wildman–Crippen MR) is 91.7 cm³/mol. The summed E-state index contributed by atoms with van der Waals surface area (Å²) in [5, 5.41) is 9.46. The summed E-state index contributed by atoms with van der Waals surface area (Å²) in [5.74, 6) is -1.38. The number of nitrogens with zero attached hydrogens (tertiary/aromatic N) is 1. The molecule has 0 fully saturated rings. The van der Waals surface area contributed by atoms with Crippen molar-refractivity contribution in [3.8, 4) is 0 Å². The summed E-state index contributed by atoms with van der Waals surface area (Å²) < 4.78 is 32.3. The van der Waals surface area contributed by atoms with Crippen molar-refractivity contribution in [2.45, 2.75) is 11.5 Å². The zero-order valence-corrected chi connectivity index (χ0v) is 14.0. The summed E-state index contributed by atoms with van der Waals surface area (Å²) in [6, 6.07) is 13.3. The summed E-state index contributed by atoms with van der Waals surface area (Å²) in [6.07, 6.45) is 0. The first kappa shape index (κ1) is 17.6. The van der Waals surface area contributed by atoms with Crippen LogP contribution in [-0.2, 0) is 16.7 Å². The Bertz CT molecular complexity index is 1150. The predicted octanol–water partition coefficient (Wildman–Crippen LogP) is 1.58. The Labute approximate surface area is 147 Å². The SMILES string of the molecule is O=C(O)c1cc2ccc(S(=O)(=O)O)cc2c(=O)n1OCc1ccccc1. The van der Waals surface area contributed by atoms with Crippen LogP contribution in [0.15, 0.2) is 64.3 Å². The zero-order valence-electron chi connectivity index (χ0n) is 13.2. The van der Waals surface area contributed by atoms with Crippen LogP contribution in [-0.4, -0.2) is 28.8 Å². The molecule has 0 amide bonds. The topological polar surface area (TPSA) is 123 Å². The number of pyridine rings is 1. The Morgan fingerprint density at radius 1 is 1.08 bits per heavy atom. The van der Waals surface area contributed by atoms with Crippen LogP contribution in [0.25, 0.3) is 10.8 Å². The molecule has 3 aromatic rings. The smallest absolute Gasteiger partial charge is 0.356 e. The number of carboxylic acid groups (broad SMARTS) is 1. The summed E-state index contributed by atoms with van der Waals surface area (Å²) in [6.45, 7) is -0.0650. The standard InChI is InChI=1S/C17H13NO7S/c19-16-14-9-13(26(22,23)24)7-6-12(14)8-15(17(20)21)18(16)25-10-11-4-2-1-3-5-11/h1-9H,10H2,(H,20,21)(H,22,23,24). The fraction of sp³-hybridized carbons (Fsp3) is 0.0588. The molecule has 3 rings (SSSR count). The summed E-state index contributed by atoms with van der Waals surface area (Å²) >= 11 is 0. The van der Waals surface area contributed by atoms with Gasteiger partial charge in [-0.1, -0.05) is 36.4 Å². The molecule has 0 unspecified atom stereocenters. The van der Waals surface area contributed by atoms with Gasteiger partial charge >= 0.3 is 5.97 Å². The molecular weight excluding hydrogens is 362 g/mol. The van der Waals surface area contributed by atoms with E-state index in [0.29, 0.717) is 10.3 Å². The van der Waals surface area contributed by atoms with Crippen LogP contribution in [0.5, 0.6) is 0 Å². The van der Waals surface area contributed by atoms with Gasteiger partial charge in [0.1, 0.15) is 6.61 Å². The molecule has 26 heavy (non-hydrogen) atoms. The minimum Gasteiger partial charge on any atom is -0.476 e. The molecule has 0 aliphatic rings. The van der Waals surface area contributed by atoms with E-state index < -0.39 is 32.2 Å².